The lowest BCUT2D eigenvalue weighted by atomic mass is 9.95. The zero-order valence-corrected chi connectivity index (χ0v) is 11.1. The van der Waals surface area contributed by atoms with E-state index in [0.29, 0.717) is 11.1 Å². The van der Waals surface area contributed by atoms with Crippen molar-refractivity contribution in [2.24, 2.45) is 5.92 Å². The number of nitrogens with zero attached hydrogens (tertiary/aromatic N) is 1. The second-order valence-corrected chi connectivity index (χ2v) is 5.11. The molecule has 1 saturated heterocycles. The van der Waals surface area contributed by atoms with Gasteiger partial charge in [0.1, 0.15) is 5.75 Å². The number of halogens is 3. The van der Waals surface area contributed by atoms with Gasteiger partial charge in [-0.05, 0) is 43.5 Å². The highest BCUT2D eigenvalue weighted by molar-refractivity contribution is 5.94. The molecule has 1 N–H and O–H groups in total. The van der Waals surface area contributed by atoms with Crippen molar-refractivity contribution in [3.8, 4) is 5.75 Å². The summed E-state index contributed by atoms with van der Waals surface area (Å²) >= 11 is 0. The highest BCUT2D eigenvalue weighted by Gasteiger charge is 2.41. The third-order valence-electron chi connectivity index (χ3n) is 3.69. The summed E-state index contributed by atoms with van der Waals surface area (Å²) in [7, 11) is 0. The van der Waals surface area contributed by atoms with Crippen LogP contribution in [0, 0.1) is 12.8 Å². The molecule has 6 heteroatoms. The topological polar surface area (TPSA) is 40.5 Å². The van der Waals surface area contributed by atoms with Crippen molar-refractivity contribution in [3.63, 3.8) is 0 Å². The van der Waals surface area contributed by atoms with Crippen molar-refractivity contribution < 1.29 is 23.1 Å². The van der Waals surface area contributed by atoms with Gasteiger partial charge in [-0.15, -0.1) is 0 Å². The van der Waals surface area contributed by atoms with Gasteiger partial charge in [-0.2, -0.15) is 13.2 Å². The van der Waals surface area contributed by atoms with Gasteiger partial charge in [0.15, 0.2) is 0 Å². The lowest BCUT2D eigenvalue weighted by Gasteiger charge is -2.33. The lowest BCUT2D eigenvalue weighted by Crippen LogP contribution is -2.42. The number of benzene rings is 1. The van der Waals surface area contributed by atoms with Crippen LogP contribution in [0.3, 0.4) is 0 Å². The third-order valence-corrected chi connectivity index (χ3v) is 3.69. The summed E-state index contributed by atoms with van der Waals surface area (Å²) < 4.78 is 37.7. The van der Waals surface area contributed by atoms with Crippen molar-refractivity contribution in [1.82, 2.24) is 4.90 Å². The van der Waals surface area contributed by atoms with Crippen LogP contribution in [0.5, 0.6) is 5.75 Å². The number of hydrogen-bond acceptors (Lipinski definition) is 2. The van der Waals surface area contributed by atoms with E-state index in [4.69, 9.17) is 0 Å². The fraction of sp³-hybridized carbons (Fsp3) is 0.500. The number of alkyl halides is 3. The van der Waals surface area contributed by atoms with Crippen molar-refractivity contribution in [3.05, 3.63) is 29.3 Å². The first-order valence-corrected chi connectivity index (χ1v) is 6.44. The zero-order chi connectivity index (χ0) is 14.9. The number of hydrogen-bond donors (Lipinski definition) is 1. The highest BCUT2D eigenvalue weighted by atomic mass is 19.4. The predicted molar refractivity (Wildman–Crippen MR) is 67.5 cm³/mol. The van der Waals surface area contributed by atoms with Gasteiger partial charge in [0, 0.05) is 18.7 Å². The Labute approximate surface area is 115 Å². The molecule has 0 spiro atoms. The van der Waals surface area contributed by atoms with Gasteiger partial charge in [0.2, 0.25) is 0 Å². The average molecular weight is 287 g/mol. The summed E-state index contributed by atoms with van der Waals surface area (Å²) in [6.45, 7) is 1.90. The van der Waals surface area contributed by atoms with Gasteiger partial charge in [-0.25, -0.2) is 0 Å². The maximum atomic E-state index is 12.6. The summed E-state index contributed by atoms with van der Waals surface area (Å²) in [6.07, 6.45) is -4.27. The second kappa shape index (κ2) is 5.34. The van der Waals surface area contributed by atoms with Crippen LogP contribution in [0.15, 0.2) is 18.2 Å². The Kier molecular flexibility index (Phi) is 3.92. The van der Waals surface area contributed by atoms with Crippen LogP contribution >= 0.6 is 0 Å². The first-order chi connectivity index (χ1) is 9.29. The third kappa shape index (κ3) is 3.05. The molecule has 1 fully saturated rings. The van der Waals surface area contributed by atoms with Gasteiger partial charge in [0.25, 0.3) is 5.91 Å². The molecule has 1 aliphatic rings. The number of phenolic OH excluding ortho intramolecular Hbond substituents is 1. The predicted octanol–water partition coefficient (Wildman–Crippen LogP) is 3.12. The Morgan fingerprint density at radius 1 is 1.30 bits per heavy atom. The number of phenols is 1. The standard InChI is InChI=1S/C14H16F3NO2/c1-9-8-10(2-3-12(9)19)13(20)18-6-4-11(5-7-18)14(15,16)17/h2-3,8,11,19H,4-7H2,1H3. The smallest absolute Gasteiger partial charge is 0.391 e. The Bertz CT molecular complexity index is 506. The maximum Gasteiger partial charge on any atom is 0.391 e. The Hall–Kier alpha value is -1.72. The van der Waals surface area contributed by atoms with E-state index < -0.39 is 12.1 Å². The molecule has 1 amide bonds. The Morgan fingerprint density at radius 2 is 1.90 bits per heavy atom. The van der Waals surface area contributed by atoms with Gasteiger partial charge >= 0.3 is 6.18 Å². The SMILES string of the molecule is Cc1cc(C(=O)N2CCC(C(F)(F)F)CC2)ccc1O. The summed E-state index contributed by atoms with van der Waals surface area (Å²) in [4.78, 5) is 13.6. The number of amides is 1. The fourth-order valence-electron chi connectivity index (χ4n) is 2.38. The van der Waals surface area contributed by atoms with Gasteiger partial charge in [-0.1, -0.05) is 0 Å². The van der Waals surface area contributed by atoms with E-state index in [2.05, 4.69) is 0 Å². The van der Waals surface area contributed by atoms with Crippen molar-refractivity contribution in [1.29, 1.82) is 0 Å². The van der Waals surface area contributed by atoms with Gasteiger partial charge in [0.05, 0.1) is 5.92 Å². The fourth-order valence-corrected chi connectivity index (χ4v) is 2.38. The zero-order valence-electron chi connectivity index (χ0n) is 11.1. The van der Waals surface area contributed by atoms with Gasteiger partial charge < -0.3 is 10.0 Å². The first-order valence-electron chi connectivity index (χ1n) is 6.44. The summed E-state index contributed by atoms with van der Waals surface area (Å²) in [6, 6.07) is 4.46. The van der Waals surface area contributed by atoms with E-state index in [1.807, 2.05) is 0 Å². The number of rotatable bonds is 1. The molecule has 0 saturated carbocycles. The quantitative estimate of drug-likeness (QED) is 0.862. The maximum absolute atomic E-state index is 12.6. The van der Waals surface area contributed by atoms with Crippen molar-refractivity contribution in [2.45, 2.75) is 25.9 Å². The van der Waals surface area contributed by atoms with Crippen LogP contribution in [0.2, 0.25) is 0 Å². The van der Waals surface area contributed by atoms with E-state index in [1.54, 1.807) is 13.0 Å². The Morgan fingerprint density at radius 3 is 2.40 bits per heavy atom. The van der Waals surface area contributed by atoms with Crippen molar-refractivity contribution >= 4 is 5.91 Å². The normalized spacial score (nSPS) is 17.3. The number of likely N-dealkylation sites (tertiary alicyclic amines) is 1. The first kappa shape index (κ1) is 14.7. The lowest BCUT2D eigenvalue weighted by molar-refractivity contribution is -0.183. The van der Waals surface area contributed by atoms with Crippen LogP contribution < -0.4 is 0 Å². The number of aromatic hydroxyl groups is 1. The minimum atomic E-state index is -4.18. The number of aryl methyl sites for hydroxylation is 1. The molecular formula is C14H16F3NO2. The monoisotopic (exact) mass is 287 g/mol. The molecule has 3 nitrogen and oxygen atoms in total. The highest BCUT2D eigenvalue weighted by Crippen LogP contribution is 2.34. The molecule has 1 aromatic rings. The molecule has 0 bridgehead atoms. The summed E-state index contributed by atoms with van der Waals surface area (Å²) in [5.74, 6) is -1.50. The van der Waals surface area contributed by atoms with Gasteiger partial charge in [-0.3, -0.25) is 4.79 Å². The molecule has 1 aromatic carbocycles. The molecular weight excluding hydrogens is 271 g/mol. The van der Waals surface area contributed by atoms with E-state index in [-0.39, 0.29) is 37.6 Å². The molecule has 110 valence electrons. The average Bonchev–Trinajstić information content (AvgIpc) is 2.40. The molecule has 0 atom stereocenters. The molecule has 1 aliphatic heterocycles. The van der Waals surface area contributed by atoms with E-state index in [9.17, 15) is 23.1 Å². The Balaban J connectivity index is 2.03. The van der Waals surface area contributed by atoms with Crippen LogP contribution in [-0.2, 0) is 0 Å². The largest absolute Gasteiger partial charge is 0.508 e. The van der Waals surface area contributed by atoms with Crippen molar-refractivity contribution in [2.75, 3.05) is 13.1 Å². The van der Waals surface area contributed by atoms with E-state index >= 15 is 0 Å². The number of carbonyl (C=O) groups is 1. The number of carbonyl (C=O) groups excluding carboxylic acids is 1. The molecule has 0 aliphatic carbocycles. The molecule has 0 unspecified atom stereocenters. The molecule has 2 rings (SSSR count). The number of piperidine rings is 1. The minimum absolute atomic E-state index is 0.0493. The van der Waals surface area contributed by atoms with Crippen LogP contribution in [0.25, 0.3) is 0 Å². The van der Waals surface area contributed by atoms with Crippen LogP contribution in [0.1, 0.15) is 28.8 Å². The summed E-state index contributed by atoms with van der Waals surface area (Å²) in [5, 5.41) is 9.41. The van der Waals surface area contributed by atoms with E-state index in [0.717, 1.165) is 0 Å². The molecule has 20 heavy (non-hydrogen) atoms. The second-order valence-electron chi connectivity index (χ2n) is 5.11. The van der Waals surface area contributed by atoms with E-state index in [1.165, 1.54) is 17.0 Å². The molecule has 0 aromatic heterocycles. The molecule has 0 radical (unpaired) electrons. The minimum Gasteiger partial charge on any atom is -0.508 e. The van der Waals surface area contributed by atoms with Crippen LogP contribution in [-0.4, -0.2) is 35.2 Å². The molecule has 1 heterocycles. The van der Waals surface area contributed by atoms with Crippen LogP contribution in [0.4, 0.5) is 13.2 Å². The summed E-state index contributed by atoms with van der Waals surface area (Å²) in [5.41, 5.74) is 0.965.